The van der Waals surface area contributed by atoms with E-state index >= 15 is 0 Å². The van der Waals surface area contributed by atoms with Gasteiger partial charge < -0.3 is 15.2 Å². The highest BCUT2D eigenvalue weighted by atomic mass is 35.5. The van der Waals surface area contributed by atoms with E-state index in [1.54, 1.807) is 13.0 Å². The maximum Gasteiger partial charge on any atom is 0.183 e. The molecular weight excluding hydrogens is 272 g/mol. The number of halogens is 1. The van der Waals surface area contributed by atoms with Crippen molar-refractivity contribution < 1.29 is 9.90 Å². The summed E-state index contributed by atoms with van der Waals surface area (Å²) < 4.78 is 0. The molecule has 6 heteroatoms. The molecule has 1 heterocycles. The summed E-state index contributed by atoms with van der Waals surface area (Å²) in [6.45, 7) is 2.14. The van der Waals surface area contributed by atoms with Crippen LogP contribution >= 0.6 is 22.9 Å². The fourth-order valence-corrected chi connectivity index (χ4v) is 2.47. The highest BCUT2D eigenvalue weighted by Crippen LogP contribution is 2.23. The Kier molecular flexibility index (Phi) is 3.84. The summed E-state index contributed by atoms with van der Waals surface area (Å²) in [6.07, 6.45) is 0. The number of benzene rings is 1. The molecule has 0 unspecified atom stereocenters. The monoisotopic (exact) mass is 281 g/mol. The van der Waals surface area contributed by atoms with Crippen molar-refractivity contribution in [2.75, 3.05) is 5.32 Å². The summed E-state index contributed by atoms with van der Waals surface area (Å²) >= 11 is 7.08. The van der Waals surface area contributed by atoms with E-state index in [-0.39, 0.29) is 4.88 Å². The SMILES string of the molecule is Cc1nc(NCc2ccccc2Cl)sc1C(=O)[O-]. The predicted molar refractivity (Wildman–Crippen MR) is 70.0 cm³/mol. The van der Waals surface area contributed by atoms with Crippen molar-refractivity contribution in [2.24, 2.45) is 0 Å². The third-order valence-corrected chi connectivity index (χ3v) is 3.83. The van der Waals surface area contributed by atoms with E-state index in [1.807, 2.05) is 18.2 Å². The lowest BCUT2D eigenvalue weighted by atomic mass is 10.2. The van der Waals surface area contributed by atoms with Gasteiger partial charge in [-0.25, -0.2) is 4.98 Å². The number of aromatic nitrogens is 1. The van der Waals surface area contributed by atoms with Crippen LogP contribution in [0.5, 0.6) is 0 Å². The molecule has 1 N–H and O–H groups in total. The zero-order valence-corrected chi connectivity index (χ0v) is 11.1. The number of rotatable bonds is 4. The molecule has 2 aromatic rings. The molecule has 4 nitrogen and oxygen atoms in total. The molecule has 18 heavy (non-hydrogen) atoms. The number of aromatic carboxylic acids is 1. The van der Waals surface area contributed by atoms with Crippen LogP contribution in [0.1, 0.15) is 20.9 Å². The summed E-state index contributed by atoms with van der Waals surface area (Å²) in [5, 5.41) is 15.0. The first-order chi connectivity index (χ1) is 8.58. The van der Waals surface area contributed by atoms with Crippen LogP contribution in [0.4, 0.5) is 5.13 Å². The molecule has 1 aromatic carbocycles. The molecule has 0 radical (unpaired) electrons. The van der Waals surface area contributed by atoms with E-state index in [0.29, 0.717) is 22.4 Å². The number of carbonyl (C=O) groups excluding carboxylic acids is 1. The van der Waals surface area contributed by atoms with E-state index in [1.165, 1.54) is 0 Å². The van der Waals surface area contributed by atoms with Crippen molar-refractivity contribution in [2.45, 2.75) is 13.5 Å². The minimum atomic E-state index is -1.20. The van der Waals surface area contributed by atoms with Gasteiger partial charge >= 0.3 is 0 Å². The third-order valence-electron chi connectivity index (χ3n) is 2.37. The van der Waals surface area contributed by atoms with E-state index in [9.17, 15) is 9.90 Å². The Balaban J connectivity index is 2.09. The molecule has 0 aliphatic rings. The number of carboxylic acids is 1. The highest BCUT2D eigenvalue weighted by Gasteiger charge is 2.08. The van der Waals surface area contributed by atoms with Crippen LogP contribution in [0.15, 0.2) is 24.3 Å². The average Bonchev–Trinajstić information content (AvgIpc) is 2.70. The molecular formula is C12H10ClN2O2S-. The average molecular weight is 282 g/mol. The largest absolute Gasteiger partial charge is 0.544 e. The van der Waals surface area contributed by atoms with Crippen LogP contribution in [-0.2, 0) is 6.54 Å². The van der Waals surface area contributed by atoms with Crippen molar-refractivity contribution in [1.82, 2.24) is 4.98 Å². The Bertz CT molecular complexity index is 583. The van der Waals surface area contributed by atoms with Gasteiger partial charge in [-0.15, -0.1) is 0 Å². The van der Waals surface area contributed by atoms with Crippen LogP contribution in [0, 0.1) is 6.92 Å². The molecule has 0 saturated carbocycles. The second-order valence-electron chi connectivity index (χ2n) is 3.67. The molecule has 0 amide bonds. The zero-order chi connectivity index (χ0) is 13.1. The van der Waals surface area contributed by atoms with Gasteiger partial charge in [0, 0.05) is 11.6 Å². The number of anilines is 1. The van der Waals surface area contributed by atoms with Crippen LogP contribution in [-0.4, -0.2) is 11.0 Å². The molecule has 94 valence electrons. The first-order valence-electron chi connectivity index (χ1n) is 5.24. The minimum absolute atomic E-state index is 0.150. The summed E-state index contributed by atoms with van der Waals surface area (Å²) in [6, 6.07) is 7.45. The maximum absolute atomic E-state index is 10.8. The van der Waals surface area contributed by atoms with Gasteiger partial charge in [0.15, 0.2) is 5.13 Å². The number of thiazole rings is 1. The van der Waals surface area contributed by atoms with Gasteiger partial charge in [0.2, 0.25) is 0 Å². The van der Waals surface area contributed by atoms with Crippen molar-refractivity contribution in [1.29, 1.82) is 0 Å². The Morgan fingerprint density at radius 2 is 2.22 bits per heavy atom. The second kappa shape index (κ2) is 5.37. The number of aryl methyl sites for hydroxylation is 1. The number of carbonyl (C=O) groups is 1. The number of carboxylic acid groups (broad SMARTS) is 1. The highest BCUT2D eigenvalue weighted by molar-refractivity contribution is 7.17. The van der Waals surface area contributed by atoms with Gasteiger partial charge in [0.25, 0.3) is 0 Å². The number of hydrogen-bond acceptors (Lipinski definition) is 5. The van der Waals surface area contributed by atoms with Crippen molar-refractivity contribution in [3.05, 3.63) is 45.4 Å². The Morgan fingerprint density at radius 1 is 1.50 bits per heavy atom. The van der Waals surface area contributed by atoms with E-state index in [4.69, 9.17) is 11.6 Å². The van der Waals surface area contributed by atoms with Crippen LogP contribution < -0.4 is 10.4 Å². The molecule has 0 fully saturated rings. The number of hydrogen-bond donors (Lipinski definition) is 1. The fraction of sp³-hybridized carbons (Fsp3) is 0.167. The van der Waals surface area contributed by atoms with Crippen molar-refractivity contribution in [3.8, 4) is 0 Å². The van der Waals surface area contributed by atoms with E-state index in [0.717, 1.165) is 16.9 Å². The van der Waals surface area contributed by atoms with E-state index in [2.05, 4.69) is 10.3 Å². The summed E-state index contributed by atoms with van der Waals surface area (Å²) in [5.41, 5.74) is 1.39. The minimum Gasteiger partial charge on any atom is -0.544 e. The molecule has 0 bridgehead atoms. The topological polar surface area (TPSA) is 65.0 Å². The lowest BCUT2D eigenvalue weighted by molar-refractivity contribution is -0.254. The van der Waals surface area contributed by atoms with Gasteiger partial charge in [-0.1, -0.05) is 41.1 Å². The molecule has 0 saturated heterocycles. The summed E-state index contributed by atoms with van der Waals surface area (Å²) in [5.74, 6) is -1.20. The Hall–Kier alpha value is -1.59. The number of nitrogens with one attached hydrogen (secondary N) is 1. The standard InChI is InChI=1S/C12H11ClN2O2S/c1-7-10(11(16)17)18-12(15-7)14-6-8-4-2-3-5-9(8)13/h2-5H,6H2,1H3,(H,14,15)(H,16,17)/p-1. The predicted octanol–water partition coefficient (Wildman–Crippen LogP) is 2.08. The van der Waals surface area contributed by atoms with Gasteiger partial charge in [-0.05, 0) is 18.6 Å². The molecule has 0 aliphatic heterocycles. The van der Waals surface area contributed by atoms with Gasteiger partial charge in [0.05, 0.1) is 16.5 Å². The molecule has 0 aliphatic carbocycles. The zero-order valence-electron chi connectivity index (χ0n) is 9.57. The normalized spacial score (nSPS) is 10.3. The maximum atomic E-state index is 10.8. The first-order valence-corrected chi connectivity index (χ1v) is 6.43. The first kappa shape index (κ1) is 12.9. The van der Waals surface area contributed by atoms with Gasteiger partial charge in [-0.2, -0.15) is 0 Å². The molecule has 1 aromatic heterocycles. The molecule has 0 spiro atoms. The Morgan fingerprint density at radius 3 is 2.83 bits per heavy atom. The van der Waals surface area contributed by atoms with Gasteiger partial charge in [-0.3, -0.25) is 0 Å². The van der Waals surface area contributed by atoms with Crippen LogP contribution in [0.2, 0.25) is 5.02 Å². The molecule has 2 rings (SSSR count). The second-order valence-corrected chi connectivity index (χ2v) is 5.07. The number of nitrogens with zero attached hydrogens (tertiary/aromatic N) is 1. The van der Waals surface area contributed by atoms with Crippen LogP contribution in [0.25, 0.3) is 0 Å². The summed E-state index contributed by atoms with van der Waals surface area (Å²) in [7, 11) is 0. The fourth-order valence-electron chi connectivity index (χ4n) is 1.47. The lowest BCUT2D eigenvalue weighted by Crippen LogP contribution is -2.21. The smallest absolute Gasteiger partial charge is 0.183 e. The Labute approximate surface area is 113 Å². The summed E-state index contributed by atoms with van der Waals surface area (Å²) in [4.78, 5) is 15.0. The molecule has 0 atom stereocenters. The van der Waals surface area contributed by atoms with Crippen LogP contribution in [0.3, 0.4) is 0 Å². The lowest BCUT2D eigenvalue weighted by Gasteiger charge is -2.04. The van der Waals surface area contributed by atoms with Gasteiger partial charge in [0.1, 0.15) is 0 Å². The van der Waals surface area contributed by atoms with Crippen molar-refractivity contribution >= 4 is 34.0 Å². The van der Waals surface area contributed by atoms with E-state index < -0.39 is 5.97 Å². The quantitative estimate of drug-likeness (QED) is 0.932. The third kappa shape index (κ3) is 2.80. The van der Waals surface area contributed by atoms with Crippen molar-refractivity contribution in [3.63, 3.8) is 0 Å².